The van der Waals surface area contributed by atoms with Gasteiger partial charge in [-0.25, -0.2) is 9.59 Å². The van der Waals surface area contributed by atoms with Crippen molar-refractivity contribution in [2.75, 3.05) is 13.2 Å². The average molecular weight is 715 g/mol. The predicted octanol–water partition coefficient (Wildman–Crippen LogP) is 6.01. The number of carbonyl (C=O) groups is 2. The second kappa shape index (κ2) is 20.6. The van der Waals surface area contributed by atoms with Gasteiger partial charge in [0.15, 0.2) is 0 Å². The van der Waals surface area contributed by atoms with Crippen LogP contribution in [0.3, 0.4) is 0 Å². The van der Waals surface area contributed by atoms with E-state index in [1.54, 1.807) is 6.92 Å². The Bertz CT molecular complexity index is 1170. The largest absolute Gasteiger partial charge is 0.479 e. The van der Waals surface area contributed by atoms with Crippen LogP contribution in [-0.2, 0) is 39.7 Å². The van der Waals surface area contributed by atoms with Crippen LogP contribution in [0.2, 0.25) is 0 Å². The Hall–Kier alpha value is -3.37. The third-order valence-electron chi connectivity index (χ3n) is 6.03. The van der Waals surface area contributed by atoms with Crippen molar-refractivity contribution in [3.05, 3.63) is 97.9 Å². The first kappa shape index (κ1) is 40.6. The number of hydrogen-bond acceptors (Lipinski definition) is 6. The van der Waals surface area contributed by atoms with Gasteiger partial charge < -0.3 is 26.8 Å². The van der Waals surface area contributed by atoms with E-state index in [1.165, 1.54) is 15.9 Å². The summed E-state index contributed by atoms with van der Waals surface area (Å²) >= 11 is 0. The van der Waals surface area contributed by atoms with Gasteiger partial charge in [-0.2, -0.15) is 0 Å². The van der Waals surface area contributed by atoms with Crippen molar-refractivity contribution in [1.29, 1.82) is 0 Å². The molecule has 0 aliphatic rings. The minimum Gasteiger partial charge on any atom is -0.479 e. The molecule has 8 nitrogen and oxygen atoms in total. The number of carboxylic acids is 2. The molecule has 0 aliphatic heterocycles. The summed E-state index contributed by atoms with van der Waals surface area (Å²) < 4.78 is 0. The van der Waals surface area contributed by atoms with Gasteiger partial charge in [0.2, 0.25) is 13.2 Å². The van der Waals surface area contributed by atoms with Crippen LogP contribution in [0.5, 0.6) is 0 Å². The molecule has 0 saturated heterocycles. The topological polar surface area (TPSA) is 118 Å². The van der Waals surface area contributed by atoms with Crippen molar-refractivity contribution in [2.45, 2.75) is 48.5 Å². The Balaban J connectivity index is 0.000000657. The molecule has 3 rings (SSSR count). The van der Waals surface area contributed by atoms with Gasteiger partial charge in [0.05, 0.1) is 13.6 Å². The van der Waals surface area contributed by atoms with Crippen molar-refractivity contribution >= 4 is 47.2 Å². The Kier molecular flexibility index (Phi) is 19.0. The van der Waals surface area contributed by atoms with Gasteiger partial charge in [-0.15, -0.1) is 5.41 Å². The molecule has 2 N–H and O–H groups in total. The van der Waals surface area contributed by atoms with Crippen LogP contribution in [0, 0.1) is 17.8 Å². The molecule has 0 atom stereocenters. The molecule has 44 heavy (non-hydrogen) atoms. The van der Waals surface area contributed by atoms with Gasteiger partial charge >= 0.3 is 11.9 Å². The molecule has 0 unspecified atom stereocenters. The summed E-state index contributed by atoms with van der Waals surface area (Å²) in [4.78, 5) is 29.2. The zero-order chi connectivity index (χ0) is 32.5. The quantitative estimate of drug-likeness (QED) is 0.0874. The monoisotopic (exact) mass is 714 g/mol. The molecule has 0 amide bonds. The van der Waals surface area contributed by atoms with E-state index in [2.05, 4.69) is 118 Å². The molecular weight excluding hydrogens is 670 g/mol. The molecule has 3 aromatic rings. The zero-order valence-corrected chi connectivity index (χ0v) is 29.1. The van der Waals surface area contributed by atoms with Crippen LogP contribution < -0.4 is 15.9 Å². The van der Waals surface area contributed by atoms with Crippen LogP contribution in [0.1, 0.15) is 48.5 Å². The maximum atomic E-state index is 10.0. The van der Waals surface area contributed by atoms with E-state index in [1.807, 2.05) is 41.5 Å². The van der Waals surface area contributed by atoms with E-state index in [0.29, 0.717) is 5.71 Å². The number of hydrogen-bond donors (Lipinski definition) is 2. The van der Waals surface area contributed by atoms with Gasteiger partial charge in [0.25, 0.3) is 0 Å². The van der Waals surface area contributed by atoms with Crippen molar-refractivity contribution < 1.29 is 49.9 Å². The van der Waals surface area contributed by atoms with E-state index in [9.17, 15) is 9.59 Å². The number of carboxylic acid groups (broad SMARTS) is 2. The number of aliphatic carboxylic acids is 2. The van der Waals surface area contributed by atoms with Crippen LogP contribution >= 0.6 is 7.92 Å². The van der Waals surface area contributed by atoms with E-state index in [-0.39, 0.29) is 37.9 Å². The van der Waals surface area contributed by atoms with Crippen LogP contribution in [-0.4, -0.2) is 46.8 Å². The van der Waals surface area contributed by atoms with Crippen molar-refractivity contribution in [3.63, 3.8) is 0 Å². The minimum atomic E-state index is -1.03. The third-order valence-corrected chi connectivity index (χ3v) is 8.76. The second-order valence-corrected chi connectivity index (χ2v) is 13.8. The summed E-state index contributed by atoms with van der Waals surface area (Å²) in [5.74, 6) is -2.05. The normalized spacial score (nSPS) is 11.6. The smallest absolute Gasteiger partial charge is 0.344 e. The van der Waals surface area contributed by atoms with E-state index < -0.39 is 26.5 Å². The number of nitrogens with zero attached hydrogens (tertiary/aromatic N) is 2. The van der Waals surface area contributed by atoms with Gasteiger partial charge in [0, 0.05) is 31.5 Å². The SMILES string of the molecule is C/C(=N\OCC(=O)O)C(C)(C)C.[CH2-]C(C)(C)C(C)=NOCC(=O)O.[Pd].c1ccc([PH+](c2ccccc2)c2ccccc2)cc1. The maximum Gasteiger partial charge on any atom is 0.344 e. The predicted molar refractivity (Wildman–Crippen MR) is 179 cm³/mol. The fraction of sp³-hybridized carbons (Fsp3) is 0.324. The molecule has 0 aromatic heterocycles. The first-order chi connectivity index (χ1) is 20.1. The molecule has 0 spiro atoms. The van der Waals surface area contributed by atoms with E-state index in [0.717, 1.165) is 5.71 Å². The van der Waals surface area contributed by atoms with Gasteiger partial charge in [0.1, 0.15) is 15.9 Å². The van der Waals surface area contributed by atoms with Crippen molar-refractivity contribution in [2.24, 2.45) is 21.1 Å². The Morgan fingerprint density at radius 3 is 1.20 bits per heavy atom. The molecule has 0 radical (unpaired) electrons. The molecule has 3 aromatic carbocycles. The molecule has 0 aliphatic carbocycles. The second-order valence-electron chi connectivity index (χ2n) is 11.3. The summed E-state index contributed by atoms with van der Waals surface area (Å²) in [6.07, 6.45) is 0. The molecule has 242 valence electrons. The minimum absolute atomic E-state index is 0. The summed E-state index contributed by atoms with van der Waals surface area (Å²) in [7, 11) is -0.877. The Morgan fingerprint density at radius 2 is 0.955 bits per heavy atom. The fourth-order valence-electron chi connectivity index (χ4n) is 2.94. The van der Waals surface area contributed by atoms with Gasteiger partial charge in [-0.1, -0.05) is 99.5 Å². The van der Waals surface area contributed by atoms with Crippen LogP contribution in [0.4, 0.5) is 0 Å². The Labute approximate surface area is 277 Å². The molecule has 10 heteroatoms. The first-order valence-electron chi connectivity index (χ1n) is 13.8. The third kappa shape index (κ3) is 17.1. The van der Waals surface area contributed by atoms with Gasteiger partial charge in [-0.3, -0.25) is 0 Å². The summed E-state index contributed by atoms with van der Waals surface area (Å²) in [6.45, 7) is 16.3. The summed E-state index contributed by atoms with van der Waals surface area (Å²) in [6, 6.07) is 32.5. The van der Waals surface area contributed by atoms with Crippen LogP contribution in [0.25, 0.3) is 0 Å². The van der Waals surface area contributed by atoms with Crippen molar-refractivity contribution in [1.82, 2.24) is 0 Å². The molecule has 0 fully saturated rings. The number of benzene rings is 3. The maximum absolute atomic E-state index is 10.0. The standard InChI is InChI=1S/C18H15P.C8H15NO3.C8H14NO3.Pd/c1-4-10-16(11-5-1)19(17-12-6-2-7-13-17)18-14-8-3-9-15-18;2*1-6(8(2,3)4)9-12-5-7(10)11;/h1-15H;5H2,1-4H3,(H,10,11);2,5H2,1,3-4H3,(H,10,11);/q;;-1;/p+1/b;9-6+;;. The molecule has 0 bridgehead atoms. The zero-order valence-electron chi connectivity index (χ0n) is 26.5. The molecular formula is C34H45N2O6PPd. The fourth-order valence-corrected chi connectivity index (χ4v) is 5.52. The van der Waals surface area contributed by atoms with E-state index >= 15 is 0 Å². The molecule has 0 heterocycles. The first-order valence-corrected chi connectivity index (χ1v) is 15.3. The number of rotatable bonds is 10. The van der Waals surface area contributed by atoms with Crippen LogP contribution in [0.15, 0.2) is 101 Å². The summed E-state index contributed by atoms with van der Waals surface area (Å²) in [5, 5.41) is 28.0. The summed E-state index contributed by atoms with van der Waals surface area (Å²) in [5.41, 5.74) is 1.06. The Morgan fingerprint density at radius 1 is 0.659 bits per heavy atom. The number of oxime groups is 2. The van der Waals surface area contributed by atoms with Crippen molar-refractivity contribution in [3.8, 4) is 0 Å². The van der Waals surface area contributed by atoms with E-state index in [4.69, 9.17) is 10.2 Å². The van der Waals surface area contributed by atoms with Gasteiger partial charge in [-0.05, 0) is 50.2 Å². The average Bonchev–Trinajstić information content (AvgIpc) is 2.94. The molecule has 0 saturated carbocycles.